The van der Waals surface area contributed by atoms with Crippen LogP contribution in [-0.4, -0.2) is 15.5 Å². The smallest absolute Gasteiger partial charge is 0.262 e. The Kier molecular flexibility index (Phi) is 5.62. The van der Waals surface area contributed by atoms with Gasteiger partial charge in [-0.3, -0.25) is 14.2 Å². The van der Waals surface area contributed by atoms with Gasteiger partial charge in [0.15, 0.2) is 0 Å². The number of aryl methyl sites for hydroxylation is 2. The Hall–Kier alpha value is -3.25. The van der Waals surface area contributed by atoms with Crippen LogP contribution in [0.2, 0.25) is 0 Å². The van der Waals surface area contributed by atoms with E-state index in [1.165, 1.54) is 11.3 Å². The van der Waals surface area contributed by atoms with Crippen molar-refractivity contribution in [2.24, 2.45) is 0 Å². The number of hydrogen-bond donors (Lipinski definition) is 1. The molecular weight excluding hydrogens is 418 g/mol. The summed E-state index contributed by atoms with van der Waals surface area (Å²) in [6, 6.07) is 19.6. The third-order valence-corrected chi connectivity index (χ3v) is 7.34. The molecule has 0 unspecified atom stereocenters. The molecule has 32 heavy (non-hydrogen) atoms. The molecule has 1 aliphatic rings. The molecule has 5 rings (SSSR count). The minimum absolute atomic E-state index is 0.0117. The molecule has 0 atom stereocenters. The number of carbonyl (C=O) groups excluding carboxylic acids is 1. The van der Waals surface area contributed by atoms with Gasteiger partial charge in [0.05, 0.1) is 16.3 Å². The van der Waals surface area contributed by atoms with Crippen molar-refractivity contribution >= 4 is 27.5 Å². The maximum Gasteiger partial charge on any atom is 0.262 e. The van der Waals surface area contributed by atoms with Crippen molar-refractivity contribution in [1.82, 2.24) is 14.9 Å². The fourth-order valence-corrected chi connectivity index (χ4v) is 5.57. The molecule has 4 aromatic rings. The minimum Gasteiger partial charge on any atom is -0.340 e. The van der Waals surface area contributed by atoms with E-state index < -0.39 is 0 Å². The Balaban J connectivity index is 1.55. The lowest BCUT2D eigenvalue weighted by molar-refractivity contribution is 0.0946. The normalized spacial score (nSPS) is 13.7. The molecule has 0 bridgehead atoms. The molecule has 6 heteroatoms. The fourth-order valence-electron chi connectivity index (χ4n) is 4.47. The van der Waals surface area contributed by atoms with Crippen molar-refractivity contribution in [3.8, 4) is 0 Å². The second-order valence-corrected chi connectivity index (χ2v) is 9.26. The molecule has 0 saturated heterocycles. The Morgan fingerprint density at radius 3 is 2.31 bits per heavy atom. The zero-order valence-electron chi connectivity index (χ0n) is 18.0. The number of carbonyl (C=O) groups is 1. The van der Waals surface area contributed by atoms with Crippen LogP contribution < -0.4 is 10.9 Å². The summed E-state index contributed by atoms with van der Waals surface area (Å²) in [5.74, 6) is 0.669. The van der Waals surface area contributed by atoms with Gasteiger partial charge >= 0.3 is 0 Å². The predicted molar refractivity (Wildman–Crippen MR) is 128 cm³/mol. The maximum absolute atomic E-state index is 13.4. The Morgan fingerprint density at radius 1 is 1.00 bits per heavy atom. The summed E-state index contributed by atoms with van der Waals surface area (Å²) in [4.78, 5) is 32.7. The van der Waals surface area contributed by atoms with Crippen molar-refractivity contribution in [3.05, 3.63) is 98.4 Å². The van der Waals surface area contributed by atoms with Crippen molar-refractivity contribution in [3.63, 3.8) is 0 Å². The number of nitrogens with one attached hydrogen (secondary N) is 1. The van der Waals surface area contributed by atoms with Crippen molar-refractivity contribution in [2.75, 3.05) is 0 Å². The molecule has 1 amide bonds. The number of thiophene rings is 1. The van der Waals surface area contributed by atoms with E-state index in [9.17, 15) is 9.59 Å². The van der Waals surface area contributed by atoms with Gasteiger partial charge in [0.25, 0.3) is 11.5 Å². The van der Waals surface area contributed by atoms with E-state index >= 15 is 0 Å². The standard InChI is InChI=1S/C26H25N3O2S/c1-17-21-25(27-20-15-9-4-10-16-29(20)26(21)31)32-23(17)24(30)28-22(18-11-5-2-6-12-18)19-13-7-3-8-14-19/h2-3,5-8,11-14,22H,4,9-10,15-16H2,1H3,(H,28,30). The number of aromatic nitrogens is 2. The first-order valence-electron chi connectivity index (χ1n) is 11.1. The van der Waals surface area contributed by atoms with Crippen LogP contribution in [0.1, 0.15) is 57.5 Å². The molecule has 2 aromatic heterocycles. The molecule has 0 fully saturated rings. The van der Waals surface area contributed by atoms with Gasteiger partial charge < -0.3 is 5.32 Å². The summed E-state index contributed by atoms with van der Waals surface area (Å²) in [5.41, 5.74) is 2.73. The first kappa shape index (κ1) is 20.6. The molecule has 162 valence electrons. The van der Waals surface area contributed by atoms with Crippen molar-refractivity contribution < 1.29 is 4.79 Å². The van der Waals surface area contributed by atoms with E-state index in [0.717, 1.165) is 48.2 Å². The number of amides is 1. The third kappa shape index (κ3) is 3.75. The van der Waals surface area contributed by atoms with Crippen molar-refractivity contribution in [2.45, 2.75) is 45.2 Å². The molecule has 0 spiro atoms. The molecule has 3 heterocycles. The number of rotatable bonds is 4. The Morgan fingerprint density at radius 2 is 1.66 bits per heavy atom. The number of benzene rings is 2. The maximum atomic E-state index is 13.4. The summed E-state index contributed by atoms with van der Waals surface area (Å²) in [5, 5.41) is 3.79. The highest BCUT2D eigenvalue weighted by atomic mass is 32.1. The topological polar surface area (TPSA) is 64.0 Å². The van der Waals surface area contributed by atoms with Crippen LogP contribution in [0.15, 0.2) is 65.5 Å². The zero-order valence-corrected chi connectivity index (χ0v) is 18.8. The van der Waals surface area contributed by atoms with Crippen molar-refractivity contribution in [1.29, 1.82) is 0 Å². The first-order chi connectivity index (χ1) is 15.6. The summed E-state index contributed by atoms with van der Waals surface area (Å²) < 4.78 is 1.81. The second-order valence-electron chi connectivity index (χ2n) is 8.26. The van der Waals surface area contributed by atoms with Gasteiger partial charge in [-0.2, -0.15) is 0 Å². The van der Waals surface area contributed by atoms with Gasteiger partial charge in [-0.25, -0.2) is 4.98 Å². The summed E-state index contributed by atoms with van der Waals surface area (Å²) in [6.45, 7) is 2.57. The van der Waals surface area contributed by atoms with Crippen LogP contribution in [0, 0.1) is 6.92 Å². The van der Waals surface area contributed by atoms with Gasteiger partial charge in [0.1, 0.15) is 10.7 Å². The van der Waals surface area contributed by atoms with Crippen LogP contribution in [0.25, 0.3) is 10.2 Å². The lowest BCUT2D eigenvalue weighted by atomic mass is 9.98. The Bertz CT molecular complexity index is 1290. The van der Waals surface area contributed by atoms with E-state index in [1.54, 1.807) is 0 Å². The first-order valence-corrected chi connectivity index (χ1v) is 11.9. The highest BCUT2D eigenvalue weighted by Crippen LogP contribution is 2.30. The van der Waals surface area contributed by atoms with E-state index in [-0.39, 0.29) is 17.5 Å². The average molecular weight is 444 g/mol. The molecule has 0 saturated carbocycles. The number of fused-ring (bicyclic) bond motifs is 2. The van der Waals surface area contributed by atoms with Crippen LogP contribution >= 0.6 is 11.3 Å². The minimum atomic E-state index is -0.278. The van der Waals surface area contributed by atoms with Gasteiger partial charge in [-0.15, -0.1) is 11.3 Å². The highest BCUT2D eigenvalue weighted by Gasteiger charge is 2.24. The average Bonchev–Trinajstić information content (AvgIpc) is 2.99. The summed E-state index contributed by atoms with van der Waals surface area (Å²) in [7, 11) is 0. The van der Waals surface area contributed by atoms with Crippen LogP contribution in [0.4, 0.5) is 0 Å². The van der Waals surface area contributed by atoms with E-state index in [0.29, 0.717) is 21.6 Å². The molecule has 0 radical (unpaired) electrons. The molecular formula is C26H25N3O2S. The largest absolute Gasteiger partial charge is 0.340 e. The molecule has 0 aliphatic carbocycles. The van der Waals surface area contributed by atoms with Gasteiger partial charge in [0.2, 0.25) is 0 Å². The second kappa shape index (κ2) is 8.71. The summed E-state index contributed by atoms with van der Waals surface area (Å²) >= 11 is 1.32. The monoisotopic (exact) mass is 443 g/mol. The Labute approximate surface area is 190 Å². The summed E-state index contributed by atoms with van der Waals surface area (Å²) in [6.07, 6.45) is 3.97. The lowest BCUT2D eigenvalue weighted by Gasteiger charge is -2.19. The molecule has 1 aliphatic heterocycles. The molecule has 2 aromatic carbocycles. The lowest BCUT2D eigenvalue weighted by Crippen LogP contribution is -2.29. The number of nitrogens with zero attached hydrogens (tertiary/aromatic N) is 2. The van der Waals surface area contributed by atoms with Gasteiger partial charge in [-0.1, -0.05) is 67.1 Å². The van der Waals surface area contributed by atoms with E-state index in [1.807, 2.05) is 72.2 Å². The quantitative estimate of drug-likeness (QED) is 0.482. The molecule has 1 N–H and O–H groups in total. The van der Waals surface area contributed by atoms with Crippen LogP contribution in [0.5, 0.6) is 0 Å². The van der Waals surface area contributed by atoms with E-state index in [4.69, 9.17) is 4.98 Å². The zero-order chi connectivity index (χ0) is 22.1. The van der Waals surface area contributed by atoms with E-state index in [2.05, 4.69) is 5.32 Å². The van der Waals surface area contributed by atoms with Crippen LogP contribution in [0.3, 0.4) is 0 Å². The number of hydrogen-bond acceptors (Lipinski definition) is 4. The predicted octanol–water partition coefficient (Wildman–Crippen LogP) is 5.01. The van der Waals surface area contributed by atoms with Gasteiger partial charge in [0, 0.05) is 13.0 Å². The molecule has 5 nitrogen and oxygen atoms in total. The SMILES string of the molecule is Cc1c(C(=O)NC(c2ccccc2)c2ccccc2)sc2nc3n(c(=O)c12)CCCCC3. The van der Waals surface area contributed by atoms with Gasteiger partial charge in [-0.05, 0) is 36.5 Å². The third-order valence-electron chi connectivity index (χ3n) is 6.16. The van der Waals surface area contributed by atoms with Crippen LogP contribution in [-0.2, 0) is 13.0 Å². The fraction of sp³-hybridized carbons (Fsp3) is 0.269. The highest BCUT2D eigenvalue weighted by molar-refractivity contribution is 7.20.